The van der Waals surface area contributed by atoms with Crippen molar-refractivity contribution >= 4 is 5.91 Å². The highest BCUT2D eigenvalue weighted by Crippen LogP contribution is 2.26. The monoisotopic (exact) mass is 269 g/mol. The number of hydrogen-bond acceptors (Lipinski definition) is 4. The fourth-order valence-electron chi connectivity index (χ4n) is 2.45. The summed E-state index contributed by atoms with van der Waals surface area (Å²) in [6.07, 6.45) is 4.86. The number of carbonyl (C=O) groups excluding carboxylic acids is 1. The summed E-state index contributed by atoms with van der Waals surface area (Å²) in [5, 5.41) is 6.25. The largest absolute Gasteiger partial charge is 0.368 e. The second kappa shape index (κ2) is 7.22. The summed E-state index contributed by atoms with van der Waals surface area (Å²) in [6, 6.07) is 1.13. The molecule has 2 N–H and O–H groups in total. The Kier molecular flexibility index (Phi) is 5.60. The molecule has 1 aliphatic carbocycles. The van der Waals surface area contributed by atoms with Gasteiger partial charge in [-0.3, -0.25) is 9.69 Å². The van der Waals surface area contributed by atoms with Gasteiger partial charge in [-0.15, -0.1) is 0 Å². The number of carbonyl (C=O) groups is 1. The van der Waals surface area contributed by atoms with Gasteiger partial charge in [0, 0.05) is 18.6 Å². The lowest BCUT2D eigenvalue weighted by Gasteiger charge is -2.25. The summed E-state index contributed by atoms with van der Waals surface area (Å²) in [6.45, 7) is 5.06. The lowest BCUT2D eigenvalue weighted by Crippen LogP contribution is -2.42. The van der Waals surface area contributed by atoms with Gasteiger partial charge in [0.2, 0.25) is 5.91 Å². The Balaban J connectivity index is 1.55. The van der Waals surface area contributed by atoms with Gasteiger partial charge in [0.1, 0.15) is 6.61 Å². The second-order valence-electron chi connectivity index (χ2n) is 5.81. The molecule has 2 fully saturated rings. The van der Waals surface area contributed by atoms with Crippen LogP contribution in [0.25, 0.3) is 0 Å². The minimum absolute atomic E-state index is 0.00887. The van der Waals surface area contributed by atoms with Gasteiger partial charge in [0.25, 0.3) is 0 Å². The van der Waals surface area contributed by atoms with E-state index < -0.39 is 0 Å². The van der Waals surface area contributed by atoms with Crippen molar-refractivity contribution in [2.75, 3.05) is 33.3 Å². The fraction of sp³-hybridized carbons (Fsp3) is 0.929. The van der Waals surface area contributed by atoms with E-state index >= 15 is 0 Å². The van der Waals surface area contributed by atoms with Gasteiger partial charge in [0.05, 0.1) is 6.10 Å². The Labute approximate surface area is 116 Å². The highest BCUT2D eigenvalue weighted by atomic mass is 16.5. The van der Waals surface area contributed by atoms with Crippen molar-refractivity contribution in [2.24, 2.45) is 0 Å². The van der Waals surface area contributed by atoms with E-state index in [0.29, 0.717) is 12.6 Å². The van der Waals surface area contributed by atoms with Crippen LogP contribution >= 0.6 is 0 Å². The third-order valence-corrected chi connectivity index (χ3v) is 4.15. The maximum atomic E-state index is 11.7. The molecule has 1 saturated heterocycles. The molecule has 5 nitrogen and oxygen atoms in total. The molecule has 1 aliphatic heterocycles. The van der Waals surface area contributed by atoms with Crippen LogP contribution in [0.5, 0.6) is 0 Å². The van der Waals surface area contributed by atoms with Crippen LogP contribution in [-0.2, 0) is 9.53 Å². The summed E-state index contributed by atoms with van der Waals surface area (Å²) in [5.74, 6) is 0.00887. The van der Waals surface area contributed by atoms with Crippen LogP contribution in [0.15, 0.2) is 0 Å². The molecule has 0 bridgehead atoms. The van der Waals surface area contributed by atoms with Crippen LogP contribution in [0.3, 0.4) is 0 Å². The summed E-state index contributed by atoms with van der Waals surface area (Å²) in [5.41, 5.74) is 0. The number of nitrogens with zero attached hydrogens (tertiary/aromatic N) is 1. The van der Waals surface area contributed by atoms with Crippen molar-refractivity contribution in [1.29, 1.82) is 0 Å². The molecule has 2 aliphatic rings. The quantitative estimate of drug-likeness (QED) is 0.700. The smallest absolute Gasteiger partial charge is 0.246 e. The van der Waals surface area contributed by atoms with Crippen LogP contribution in [0.1, 0.15) is 32.6 Å². The maximum Gasteiger partial charge on any atom is 0.246 e. The highest BCUT2D eigenvalue weighted by Gasteiger charge is 2.29. The van der Waals surface area contributed by atoms with Crippen molar-refractivity contribution in [3.63, 3.8) is 0 Å². The lowest BCUT2D eigenvalue weighted by atomic mass is 10.1. The van der Waals surface area contributed by atoms with Gasteiger partial charge in [-0.1, -0.05) is 0 Å². The van der Waals surface area contributed by atoms with Gasteiger partial charge in [-0.25, -0.2) is 0 Å². The van der Waals surface area contributed by atoms with E-state index in [2.05, 4.69) is 29.5 Å². The molecule has 110 valence electrons. The van der Waals surface area contributed by atoms with E-state index in [-0.39, 0.29) is 18.6 Å². The molecule has 1 unspecified atom stereocenters. The van der Waals surface area contributed by atoms with Gasteiger partial charge in [-0.05, 0) is 52.7 Å². The number of ether oxygens (including phenoxy) is 1. The van der Waals surface area contributed by atoms with E-state index in [9.17, 15) is 4.79 Å². The minimum atomic E-state index is 0.00887. The Morgan fingerprint density at radius 3 is 2.68 bits per heavy atom. The molecule has 0 aromatic heterocycles. The maximum absolute atomic E-state index is 11.7. The molecular formula is C14H27N3O2. The molecular weight excluding hydrogens is 242 g/mol. The number of amides is 1. The number of rotatable bonds is 7. The van der Waals surface area contributed by atoms with Gasteiger partial charge in [0.15, 0.2) is 0 Å². The molecule has 0 radical (unpaired) electrons. The summed E-state index contributed by atoms with van der Waals surface area (Å²) in [7, 11) is 2.14. The normalized spacial score (nSPS) is 22.5. The Morgan fingerprint density at radius 2 is 2.05 bits per heavy atom. The van der Waals surface area contributed by atoms with Gasteiger partial charge in [-0.2, -0.15) is 0 Å². The molecule has 2 rings (SSSR count). The molecule has 0 aromatic rings. The fourth-order valence-corrected chi connectivity index (χ4v) is 2.45. The Morgan fingerprint density at radius 1 is 1.37 bits per heavy atom. The number of piperidine rings is 1. The van der Waals surface area contributed by atoms with Crippen molar-refractivity contribution in [3.05, 3.63) is 0 Å². The zero-order valence-corrected chi connectivity index (χ0v) is 12.2. The number of nitrogens with one attached hydrogen (secondary N) is 2. The number of likely N-dealkylation sites (N-methyl/N-ethyl adjacent to an activating group) is 1. The minimum Gasteiger partial charge on any atom is -0.368 e. The summed E-state index contributed by atoms with van der Waals surface area (Å²) in [4.78, 5) is 14.1. The van der Waals surface area contributed by atoms with Crippen LogP contribution in [0.4, 0.5) is 0 Å². The summed E-state index contributed by atoms with van der Waals surface area (Å²) < 4.78 is 5.63. The molecule has 0 aromatic carbocycles. The number of hydrogen-bond donors (Lipinski definition) is 2. The standard InChI is InChI=1S/C14H27N3O2/c1-11(17(2)12-3-4-12)9-16-14(18)10-19-13-5-7-15-8-6-13/h11-13,15H,3-10H2,1-2H3,(H,16,18). The van der Waals surface area contributed by atoms with Crippen molar-refractivity contribution < 1.29 is 9.53 Å². The SMILES string of the molecule is CC(CNC(=O)COC1CCNCC1)N(C)C1CC1. The van der Waals surface area contributed by atoms with Crippen LogP contribution < -0.4 is 10.6 Å². The third kappa shape index (κ3) is 5.09. The Hall–Kier alpha value is -0.650. The molecule has 5 heteroatoms. The van der Waals surface area contributed by atoms with Crippen LogP contribution in [0.2, 0.25) is 0 Å². The first kappa shape index (κ1) is 14.8. The average molecular weight is 269 g/mol. The third-order valence-electron chi connectivity index (χ3n) is 4.15. The lowest BCUT2D eigenvalue weighted by molar-refractivity contribution is -0.128. The first-order valence-electron chi connectivity index (χ1n) is 7.47. The van der Waals surface area contributed by atoms with E-state index in [1.165, 1.54) is 12.8 Å². The van der Waals surface area contributed by atoms with Crippen molar-refractivity contribution in [3.8, 4) is 0 Å². The molecule has 1 heterocycles. The van der Waals surface area contributed by atoms with Gasteiger partial charge < -0.3 is 15.4 Å². The Bertz CT molecular complexity index is 288. The topological polar surface area (TPSA) is 53.6 Å². The molecule has 1 saturated carbocycles. The van der Waals surface area contributed by atoms with Crippen LogP contribution in [-0.4, -0.2) is 62.3 Å². The second-order valence-corrected chi connectivity index (χ2v) is 5.81. The predicted molar refractivity (Wildman–Crippen MR) is 75.1 cm³/mol. The highest BCUT2D eigenvalue weighted by molar-refractivity contribution is 5.77. The van der Waals surface area contributed by atoms with Crippen molar-refractivity contribution in [2.45, 2.75) is 50.8 Å². The predicted octanol–water partition coefficient (Wildman–Crippen LogP) is 0.354. The first-order chi connectivity index (χ1) is 9.16. The van der Waals surface area contributed by atoms with E-state index in [4.69, 9.17) is 4.74 Å². The van der Waals surface area contributed by atoms with E-state index in [0.717, 1.165) is 32.0 Å². The zero-order chi connectivity index (χ0) is 13.7. The molecule has 1 amide bonds. The molecule has 0 spiro atoms. The average Bonchev–Trinajstić information content (AvgIpc) is 3.27. The van der Waals surface area contributed by atoms with E-state index in [1.807, 2.05) is 0 Å². The molecule has 1 atom stereocenters. The van der Waals surface area contributed by atoms with Crippen molar-refractivity contribution in [1.82, 2.24) is 15.5 Å². The first-order valence-corrected chi connectivity index (χ1v) is 7.47. The zero-order valence-electron chi connectivity index (χ0n) is 12.2. The van der Waals surface area contributed by atoms with Crippen LogP contribution in [0, 0.1) is 0 Å². The molecule has 19 heavy (non-hydrogen) atoms. The van der Waals surface area contributed by atoms with Gasteiger partial charge >= 0.3 is 0 Å². The summed E-state index contributed by atoms with van der Waals surface area (Å²) >= 11 is 0. The van der Waals surface area contributed by atoms with E-state index in [1.54, 1.807) is 0 Å².